The van der Waals surface area contributed by atoms with Crippen molar-refractivity contribution in [2.75, 3.05) is 51.4 Å². The fraction of sp³-hybridized carbons (Fsp3) is 0.532. The maximum Gasteiger partial charge on any atom is 0.407 e. The van der Waals surface area contributed by atoms with E-state index in [1.165, 1.54) is 43.6 Å². The van der Waals surface area contributed by atoms with E-state index in [-0.39, 0.29) is 46.6 Å². The Morgan fingerprint density at radius 1 is 0.949 bits per heavy atom. The number of pyridine rings is 1. The average Bonchev–Trinajstić information content (AvgIpc) is 4.16. The van der Waals surface area contributed by atoms with Gasteiger partial charge in [0.05, 0.1) is 24.6 Å². The van der Waals surface area contributed by atoms with Gasteiger partial charge >= 0.3 is 12.1 Å². The van der Waals surface area contributed by atoms with Crippen LogP contribution in [0.5, 0.6) is 11.8 Å². The first-order chi connectivity index (χ1) is 37.8. The first kappa shape index (κ1) is 63.8. The molecule has 3 aromatic carbocycles. The predicted molar refractivity (Wildman–Crippen MR) is 308 cm³/mol. The molecule has 0 aliphatic carbocycles. The summed E-state index contributed by atoms with van der Waals surface area (Å²) in [6, 6.07) is 15.4. The first-order valence-electron chi connectivity index (χ1n) is 28.3. The number of fused-ring (bicyclic) bond motifs is 3. The Kier molecular flexibility index (Phi) is 27.4. The second-order valence-corrected chi connectivity index (χ2v) is 19.5. The molecule has 78 heavy (non-hydrogen) atoms. The number of aryl methyl sites for hydroxylation is 2. The Morgan fingerprint density at radius 3 is 2.38 bits per heavy atom. The van der Waals surface area contributed by atoms with Gasteiger partial charge in [0.25, 0.3) is 0 Å². The monoisotopic (exact) mass is 1080 g/mol. The molecular formula is C62H85F2N7O7. The Hall–Kier alpha value is -6.73. The molecule has 16 heteroatoms. The highest BCUT2D eigenvalue weighted by Gasteiger charge is 2.37. The number of nitrogens with one attached hydrogen (secondary N) is 2. The minimum absolute atomic E-state index is 0.0499. The Balaban J connectivity index is 0.000000253. The second kappa shape index (κ2) is 33.5. The third-order valence-electron chi connectivity index (χ3n) is 14.1. The fourth-order valence-electron chi connectivity index (χ4n) is 9.99. The van der Waals surface area contributed by atoms with E-state index in [1.807, 2.05) is 52.8 Å². The molecule has 2 aromatic heterocycles. The summed E-state index contributed by atoms with van der Waals surface area (Å²) in [7, 11) is 1.45. The molecule has 14 nitrogen and oxygen atoms in total. The molecule has 0 saturated carbocycles. The number of anilines is 1. The highest BCUT2D eigenvalue weighted by molar-refractivity contribution is 6.02. The van der Waals surface area contributed by atoms with Crippen molar-refractivity contribution >= 4 is 51.7 Å². The van der Waals surface area contributed by atoms with Gasteiger partial charge in [-0.3, -0.25) is 24.8 Å². The van der Waals surface area contributed by atoms with Crippen molar-refractivity contribution in [3.8, 4) is 35.4 Å². The minimum atomic E-state index is -0.626. The lowest BCUT2D eigenvalue weighted by molar-refractivity contribution is -0.136. The van der Waals surface area contributed by atoms with Crippen LogP contribution in [0.2, 0.25) is 0 Å². The molecule has 0 radical (unpaired) electrons. The number of amides is 3. The summed E-state index contributed by atoms with van der Waals surface area (Å²) in [5.41, 5.74) is 3.09. The molecule has 3 amide bonds. The number of carbonyl (C=O) groups excluding carboxylic acids is 4. The maximum atomic E-state index is 16.0. The number of terminal acetylenes is 1. The van der Waals surface area contributed by atoms with Crippen LogP contribution in [0.3, 0.4) is 0 Å². The molecule has 4 aliphatic heterocycles. The quantitative estimate of drug-likeness (QED) is 0.0469. The van der Waals surface area contributed by atoms with Gasteiger partial charge in [0.1, 0.15) is 48.1 Å². The van der Waals surface area contributed by atoms with Gasteiger partial charge in [-0.2, -0.15) is 9.97 Å². The molecule has 4 unspecified atom stereocenters. The molecule has 0 spiro atoms. The summed E-state index contributed by atoms with van der Waals surface area (Å²) in [5.74, 6) is 3.05. The summed E-state index contributed by atoms with van der Waals surface area (Å²) >= 11 is 0. The van der Waals surface area contributed by atoms with Crippen molar-refractivity contribution in [2.24, 2.45) is 11.8 Å². The Bertz CT molecular complexity index is 2770. The van der Waals surface area contributed by atoms with Crippen LogP contribution in [0.4, 0.5) is 19.4 Å². The molecule has 6 heterocycles. The molecule has 2 N–H and O–H groups in total. The molecule has 4 fully saturated rings. The van der Waals surface area contributed by atoms with Crippen LogP contribution in [-0.4, -0.2) is 103 Å². The standard InChI is InChI=1S/C26H22F2N4O.C19H28N2O3.C8H13NO2.C5H10O.2C2H6/c1-4-17-20(27)11-10-16-8-5-9-18(21(16)17)23-22(28)24-19(13-29-23)25(31-26(30-24)33-3)32-12-6-7-15(2)14-32;1-14-5-8-18(12-15(14)2)23-11-9-20-19(22)24-13-17-7-6-16-4-3-10-21(16)17;1-2-3-6-4-5-7(10)9-8(6)11;1-2-3-4-5-6;2*1-2/h1,5,8-11,13,15H,6-7,12,14H2,2-3H3;5,8,12,16-17H,3-4,6-7,9-11,13H2,1-2H3,(H,20,22);6H,2-5H2,1H3,(H,9,10,11);5H,2-4H2,1H3;2*1-2H3. The van der Waals surface area contributed by atoms with E-state index < -0.39 is 11.6 Å². The Morgan fingerprint density at radius 2 is 1.72 bits per heavy atom. The maximum absolute atomic E-state index is 16.0. The number of halogens is 2. The van der Waals surface area contributed by atoms with E-state index in [0.717, 1.165) is 95.5 Å². The van der Waals surface area contributed by atoms with Crippen LogP contribution in [-0.2, 0) is 19.1 Å². The average molecular weight is 1080 g/mol. The number of nitrogens with zero attached hydrogens (tertiary/aromatic N) is 5. The molecule has 4 saturated heterocycles. The third kappa shape index (κ3) is 17.9. The number of carbonyl (C=O) groups is 4. The number of benzene rings is 3. The van der Waals surface area contributed by atoms with E-state index in [4.69, 9.17) is 20.6 Å². The number of hydrogen-bond acceptors (Lipinski definition) is 12. The number of unbranched alkanes of at least 4 members (excludes halogenated alkanes) is 2. The largest absolute Gasteiger partial charge is 0.492 e. The zero-order valence-electron chi connectivity index (χ0n) is 47.9. The topological polar surface area (TPSA) is 165 Å². The summed E-state index contributed by atoms with van der Waals surface area (Å²) in [6.07, 6.45) is 21.0. The van der Waals surface area contributed by atoms with E-state index in [0.29, 0.717) is 65.7 Å². The van der Waals surface area contributed by atoms with Crippen molar-refractivity contribution in [3.63, 3.8) is 0 Å². The van der Waals surface area contributed by atoms with E-state index in [2.05, 4.69) is 69.0 Å². The van der Waals surface area contributed by atoms with Crippen LogP contribution >= 0.6 is 0 Å². The van der Waals surface area contributed by atoms with Crippen molar-refractivity contribution < 1.29 is 42.2 Å². The smallest absolute Gasteiger partial charge is 0.407 e. The predicted octanol–water partition coefficient (Wildman–Crippen LogP) is 12.7. The minimum Gasteiger partial charge on any atom is -0.492 e. The van der Waals surface area contributed by atoms with Crippen LogP contribution in [0.1, 0.15) is 149 Å². The highest BCUT2D eigenvalue weighted by Crippen LogP contribution is 2.37. The number of aromatic nitrogens is 3. The number of ether oxygens (including phenoxy) is 3. The van der Waals surface area contributed by atoms with Gasteiger partial charge in [0.2, 0.25) is 11.8 Å². The lowest BCUT2D eigenvalue weighted by Gasteiger charge is -2.32. The van der Waals surface area contributed by atoms with Gasteiger partial charge in [-0.25, -0.2) is 13.6 Å². The second-order valence-electron chi connectivity index (χ2n) is 19.5. The lowest BCUT2D eigenvalue weighted by atomic mass is 9.94. The lowest BCUT2D eigenvalue weighted by Crippen LogP contribution is -2.40. The fourth-order valence-corrected chi connectivity index (χ4v) is 9.99. The Labute approximate surface area is 462 Å². The molecule has 424 valence electrons. The molecule has 0 bridgehead atoms. The zero-order valence-corrected chi connectivity index (χ0v) is 47.9. The van der Waals surface area contributed by atoms with E-state index in [1.54, 1.807) is 30.5 Å². The van der Waals surface area contributed by atoms with Crippen LogP contribution in [0, 0.1) is 49.7 Å². The van der Waals surface area contributed by atoms with Crippen LogP contribution in [0.15, 0.2) is 54.7 Å². The number of piperidine rings is 2. The highest BCUT2D eigenvalue weighted by atomic mass is 19.1. The van der Waals surface area contributed by atoms with Crippen LogP contribution < -0.4 is 25.0 Å². The molecule has 4 atom stereocenters. The number of alkyl carbamates (subject to hydrolysis) is 1. The van der Waals surface area contributed by atoms with E-state index in [9.17, 15) is 23.6 Å². The summed E-state index contributed by atoms with van der Waals surface area (Å²) in [5, 5.41) is 6.75. The molecule has 9 rings (SSSR count). The number of rotatable bonds is 14. The molecular weight excluding hydrogens is 993 g/mol. The summed E-state index contributed by atoms with van der Waals surface area (Å²) < 4.78 is 46.8. The van der Waals surface area contributed by atoms with Crippen molar-refractivity contribution in [1.29, 1.82) is 0 Å². The van der Waals surface area contributed by atoms with Crippen molar-refractivity contribution in [2.45, 2.75) is 158 Å². The number of imide groups is 1. The van der Waals surface area contributed by atoms with E-state index >= 15 is 4.39 Å². The van der Waals surface area contributed by atoms with Gasteiger partial charge < -0.3 is 29.2 Å². The summed E-state index contributed by atoms with van der Waals surface area (Å²) in [4.78, 5) is 61.0. The van der Waals surface area contributed by atoms with Gasteiger partial charge in [0, 0.05) is 61.1 Å². The van der Waals surface area contributed by atoms with Gasteiger partial charge in [-0.05, 0) is 119 Å². The molecule has 5 aromatic rings. The third-order valence-corrected chi connectivity index (χ3v) is 14.1. The van der Waals surface area contributed by atoms with Gasteiger partial charge in [-0.1, -0.05) is 97.6 Å². The number of aldehydes is 1. The first-order valence-corrected chi connectivity index (χ1v) is 28.3. The number of hydrogen-bond donors (Lipinski definition) is 2. The van der Waals surface area contributed by atoms with Crippen molar-refractivity contribution in [3.05, 3.63) is 83.1 Å². The van der Waals surface area contributed by atoms with Crippen LogP contribution in [0.25, 0.3) is 32.9 Å². The normalized spacial score (nSPS) is 18.3. The van der Waals surface area contributed by atoms with Gasteiger partial charge in [-0.15, -0.1) is 6.42 Å². The zero-order chi connectivity index (χ0) is 57.1. The van der Waals surface area contributed by atoms with Gasteiger partial charge in [0.15, 0.2) is 5.82 Å². The number of methoxy groups -OCH3 is 1. The SMILES string of the molecule is C#Cc1c(F)ccc2cccc(-c3ncc4c(N5CCCC(C)C5)nc(OC)nc4c3F)c12.CC.CC.CCCC1CCC(=O)NC1=O.CCCCC=O.Cc1ccc(OCCNC(=O)OCC2CCC3CCCN32)cc1C. The molecule has 4 aliphatic rings. The van der Waals surface area contributed by atoms with Crippen molar-refractivity contribution in [1.82, 2.24) is 30.5 Å². The summed E-state index contributed by atoms with van der Waals surface area (Å²) in [6.45, 7) is 22.6.